The summed E-state index contributed by atoms with van der Waals surface area (Å²) in [5.74, 6) is -0.332. The Hall–Kier alpha value is -2.04. The lowest BCUT2D eigenvalue weighted by molar-refractivity contribution is -0.150. The first-order valence-corrected chi connectivity index (χ1v) is 10.4. The summed E-state index contributed by atoms with van der Waals surface area (Å²) in [5, 5.41) is 0.735. The first-order chi connectivity index (χ1) is 13.4. The molecule has 0 aliphatic heterocycles. The molecule has 1 aromatic heterocycles. The van der Waals surface area contributed by atoms with Crippen molar-refractivity contribution in [2.45, 2.75) is 32.9 Å². The lowest BCUT2D eigenvalue weighted by Gasteiger charge is -2.20. The maximum atomic E-state index is 12.7. The van der Waals surface area contributed by atoms with Crippen LogP contribution in [0.25, 0.3) is 0 Å². The van der Waals surface area contributed by atoms with Crippen LogP contribution in [-0.4, -0.2) is 10.5 Å². The number of hydrogen-bond donors (Lipinski definition) is 0. The van der Waals surface area contributed by atoms with Crippen LogP contribution in [0.15, 0.2) is 71.5 Å². The summed E-state index contributed by atoms with van der Waals surface area (Å²) in [6, 6.07) is 17.7. The molecule has 0 aliphatic rings. The van der Waals surface area contributed by atoms with E-state index < -0.39 is 0 Å². The van der Waals surface area contributed by atoms with Crippen LogP contribution in [0.4, 0.5) is 0 Å². The van der Waals surface area contributed by atoms with Gasteiger partial charge in [0.2, 0.25) is 0 Å². The highest BCUT2D eigenvalue weighted by Gasteiger charge is 2.25. The normalized spacial score (nSPS) is 12.2. The van der Waals surface area contributed by atoms with Gasteiger partial charge in [0.1, 0.15) is 0 Å². The van der Waals surface area contributed by atoms with E-state index >= 15 is 0 Å². The molecule has 3 rings (SSSR count). The van der Waals surface area contributed by atoms with Crippen molar-refractivity contribution >= 4 is 33.5 Å². The van der Waals surface area contributed by atoms with Crippen LogP contribution < -0.4 is 0 Å². The van der Waals surface area contributed by atoms with E-state index in [-0.39, 0.29) is 24.5 Å². The molecule has 0 aliphatic carbocycles. The Morgan fingerprint density at radius 3 is 2.36 bits per heavy atom. The van der Waals surface area contributed by atoms with Crippen LogP contribution in [0.5, 0.6) is 0 Å². The molecule has 0 radical (unpaired) electrons. The van der Waals surface area contributed by atoms with Crippen molar-refractivity contribution in [1.29, 1.82) is 0 Å². The van der Waals surface area contributed by atoms with Crippen LogP contribution in [0.1, 0.15) is 36.5 Å². The van der Waals surface area contributed by atoms with Crippen LogP contribution >= 0.6 is 27.5 Å². The highest BCUT2D eigenvalue weighted by molar-refractivity contribution is 9.10. The summed E-state index contributed by atoms with van der Waals surface area (Å²) in [5.41, 5.74) is 3.32. The molecule has 1 heterocycles. The second-order valence-corrected chi connectivity index (χ2v) is 8.56. The summed E-state index contributed by atoms with van der Waals surface area (Å²) in [4.78, 5) is 12.7. The highest BCUT2D eigenvalue weighted by atomic mass is 79.9. The van der Waals surface area contributed by atoms with Crippen LogP contribution in [0, 0.1) is 5.92 Å². The van der Waals surface area contributed by atoms with Gasteiger partial charge in [0.25, 0.3) is 0 Å². The first-order valence-electron chi connectivity index (χ1n) is 9.23. The number of esters is 1. The Kier molecular flexibility index (Phi) is 6.97. The summed E-state index contributed by atoms with van der Waals surface area (Å²) >= 11 is 9.37. The number of halogens is 2. The Morgan fingerprint density at radius 2 is 1.71 bits per heavy atom. The highest BCUT2D eigenvalue weighted by Crippen LogP contribution is 2.27. The molecule has 1 unspecified atom stereocenters. The molecule has 146 valence electrons. The van der Waals surface area contributed by atoms with Crippen molar-refractivity contribution in [1.82, 2.24) is 4.57 Å². The third-order valence-corrected chi connectivity index (χ3v) is 5.42. The Bertz CT molecular complexity index is 917. The smallest absolute Gasteiger partial charge is 0.315 e. The summed E-state index contributed by atoms with van der Waals surface area (Å²) < 4.78 is 8.49. The predicted octanol–water partition coefficient (Wildman–Crippen LogP) is 6.44. The van der Waals surface area contributed by atoms with E-state index in [4.69, 9.17) is 16.3 Å². The van der Waals surface area contributed by atoms with E-state index in [1.54, 1.807) is 0 Å². The molecule has 2 aromatic carbocycles. The molecule has 0 N–H and O–H groups in total. The number of benzene rings is 2. The third-order valence-electron chi connectivity index (χ3n) is 4.64. The molecule has 3 aromatic rings. The predicted molar refractivity (Wildman–Crippen MR) is 117 cm³/mol. The van der Waals surface area contributed by atoms with Gasteiger partial charge in [-0.1, -0.05) is 65.6 Å². The maximum Gasteiger partial charge on any atom is 0.315 e. The second kappa shape index (κ2) is 9.44. The topological polar surface area (TPSA) is 31.2 Å². The molecule has 0 bridgehead atoms. The number of hydrogen-bond acceptors (Lipinski definition) is 2. The number of rotatable bonds is 7. The third kappa shape index (κ3) is 5.49. The summed E-state index contributed by atoms with van der Waals surface area (Å²) in [7, 11) is 0. The summed E-state index contributed by atoms with van der Waals surface area (Å²) in [6.45, 7) is 4.28. The minimum atomic E-state index is -0.280. The SMILES string of the molecule is CC(C)C(C(=O)OCn1ccc(Cc2ccc(Cl)cc2)c1)c1ccc(Br)cc1. The van der Waals surface area contributed by atoms with Crippen LogP contribution in [0.3, 0.4) is 0 Å². The van der Waals surface area contributed by atoms with E-state index in [9.17, 15) is 4.79 Å². The Morgan fingerprint density at radius 1 is 1.04 bits per heavy atom. The average Bonchev–Trinajstić information content (AvgIpc) is 3.11. The first kappa shape index (κ1) is 20.7. The number of ether oxygens (including phenoxy) is 1. The van der Waals surface area contributed by atoms with E-state index in [0.717, 1.165) is 27.0 Å². The van der Waals surface area contributed by atoms with E-state index in [2.05, 4.69) is 15.9 Å². The van der Waals surface area contributed by atoms with Crippen LogP contribution in [-0.2, 0) is 22.7 Å². The van der Waals surface area contributed by atoms with Gasteiger partial charge in [0.15, 0.2) is 6.73 Å². The van der Waals surface area contributed by atoms with Crippen molar-refractivity contribution in [2.75, 3.05) is 0 Å². The average molecular weight is 461 g/mol. The largest absolute Gasteiger partial charge is 0.443 e. The molecular formula is C23H23BrClNO2. The van der Waals surface area contributed by atoms with Crippen molar-refractivity contribution in [3.05, 3.63) is 93.2 Å². The number of aromatic nitrogens is 1. The second-order valence-electron chi connectivity index (χ2n) is 7.20. The van der Waals surface area contributed by atoms with Gasteiger partial charge >= 0.3 is 5.97 Å². The molecule has 0 amide bonds. The van der Waals surface area contributed by atoms with Crippen molar-refractivity contribution in [2.24, 2.45) is 5.92 Å². The molecule has 0 saturated carbocycles. The molecule has 1 atom stereocenters. The van der Waals surface area contributed by atoms with Gasteiger partial charge in [-0.2, -0.15) is 0 Å². The molecule has 0 fully saturated rings. The lowest BCUT2D eigenvalue weighted by atomic mass is 9.88. The van der Waals surface area contributed by atoms with Crippen LogP contribution in [0.2, 0.25) is 5.02 Å². The summed E-state index contributed by atoms with van der Waals surface area (Å²) in [6.07, 6.45) is 4.75. The zero-order valence-corrected chi connectivity index (χ0v) is 18.3. The van der Waals surface area contributed by atoms with Gasteiger partial charge < -0.3 is 9.30 Å². The minimum absolute atomic E-state index is 0.152. The van der Waals surface area contributed by atoms with Gasteiger partial charge in [-0.25, -0.2) is 0 Å². The van der Waals surface area contributed by atoms with Gasteiger partial charge in [-0.15, -0.1) is 0 Å². The molecule has 5 heteroatoms. The Balaban J connectivity index is 1.61. The quantitative estimate of drug-likeness (QED) is 0.380. The van der Waals surface area contributed by atoms with Crippen molar-refractivity contribution in [3.63, 3.8) is 0 Å². The zero-order chi connectivity index (χ0) is 20.1. The van der Waals surface area contributed by atoms with Gasteiger partial charge in [0, 0.05) is 21.9 Å². The Labute approximate surface area is 179 Å². The fraction of sp³-hybridized carbons (Fsp3) is 0.261. The minimum Gasteiger partial charge on any atom is -0.443 e. The molecule has 3 nitrogen and oxygen atoms in total. The van der Waals surface area contributed by atoms with Crippen molar-refractivity contribution in [3.8, 4) is 0 Å². The molecule has 28 heavy (non-hydrogen) atoms. The molecule has 0 spiro atoms. The maximum absolute atomic E-state index is 12.7. The fourth-order valence-corrected chi connectivity index (χ4v) is 3.59. The van der Waals surface area contributed by atoms with Gasteiger partial charge in [0.05, 0.1) is 5.92 Å². The van der Waals surface area contributed by atoms with E-state index in [1.807, 2.05) is 85.4 Å². The van der Waals surface area contributed by atoms with Gasteiger partial charge in [-0.3, -0.25) is 4.79 Å². The monoisotopic (exact) mass is 459 g/mol. The lowest BCUT2D eigenvalue weighted by Crippen LogP contribution is -2.21. The number of carbonyl (C=O) groups is 1. The number of nitrogens with zero attached hydrogens (tertiary/aromatic N) is 1. The van der Waals surface area contributed by atoms with Crippen molar-refractivity contribution < 1.29 is 9.53 Å². The van der Waals surface area contributed by atoms with E-state index in [1.165, 1.54) is 5.56 Å². The van der Waals surface area contributed by atoms with Gasteiger partial charge in [-0.05, 0) is 59.4 Å². The van der Waals surface area contributed by atoms with E-state index in [0.29, 0.717) is 0 Å². The number of carbonyl (C=O) groups excluding carboxylic acids is 1. The standard InChI is InChI=1S/C23H23BrClNO2/c1-16(2)22(19-5-7-20(24)8-6-19)23(27)28-15-26-12-11-18(14-26)13-17-3-9-21(25)10-4-17/h3-12,14,16,22H,13,15H2,1-2H3. The molecule has 0 saturated heterocycles. The molecular weight excluding hydrogens is 438 g/mol. The zero-order valence-electron chi connectivity index (χ0n) is 15.9. The fourth-order valence-electron chi connectivity index (χ4n) is 3.20.